The van der Waals surface area contributed by atoms with Gasteiger partial charge in [-0.2, -0.15) is 0 Å². The molecule has 1 aliphatic carbocycles. The third-order valence-corrected chi connectivity index (χ3v) is 4.98. The van der Waals surface area contributed by atoms with Crippen molar-refractivity contribution in [3.63, 3.8) is 0 Å². The van der Waals surface area contributed by atoms with Crippen molar-refractivity contribution < 1.29 is 9.50 Å². The predicted octanol–water partition coefficient (Wildman–Crippen LogP) is 4.56. The number of hydrogen-bond donors (Lipinski definition) is 1. The van der Waals surface area contributed by atoms with E-state index in [2.05, 4.69) is 6.92 Å². The van der Waals surface area contributed by atoms with E-state index in [4.69, 9.17) is 0 Å². The van der Waals surface area contributed by atoms with Crippen molar-refractivity contribution in [1.82, 2.24) is 0 Å². The summed E-state index contributed by atoms with van der Waals surface area (Å²) in [5, 5.41) is 10.8. The maximum absolute atomic E-state index is 13.7. The first kappa shape index (κ1) is 14.5. The Labute approximate surface area is 115 Å². The van der Waals surface area contributed by atoms with E-state index in [-0.39, 0.29) is 11.7 Å². The van der Waals surface area contributed by atoms with Gasteiger partial charge in [0.15, 0.2) is 0 Å². The van der Waals surface area contributed by atoms with Gasteiger partial charge in [-0.3, -0.25) is 0 Å². The Morgan fingerprint density at radius 3 is 2.42 bits per heavy atom. The van der Waals surface area contributed by atoms with Crippen molar-refractivity contribution in [1.29, 1.82) is 0 Å². The van der Waals surface area contributed by atoms with Crippen molar-refractivity contribution in [2.24, 2.45) is 11.8 Å². The smallest absolute Gasteiger partial charge is 0.126 e. The first-order valence-electron chi connectivity index (χ1n) is 7.44. The van der Waals surface area contributed by atoms with Crippen LogP contribution in [0.4, 0.5) is 4.39 Å². The Bertz CT molecular complexity index is 431. The fourth-order valence-electron chi connectivity index (χ4n) is 3.28. The summed E-state index contributed by atoms with van der Waals surface area (Å²) in [6.45, 7) is 5.83. The summed E-state index contributed by atoms with van der Waals surface area (Å²) in [7, 11) is 0. The van der Waals surface area contributed by atoms with E-state index >= 15 is 0 Å². The van der Waals surface area contributed by atoms with Crippen molar-refractivity contribution in [2.75, 3.05) is 0 Å². The molecule has 1 aromatic carbocycles. The number of benzene rings is 1. The number of hydrogen-bond acceptors (Lipinski definition) is 1. The molecule has 2 heteroatoms. The summed E-state index contributed by atoms with van der Waals surface area (Å²) in [5.74, 6) is 0.833. The number of rotatable bonds is 3. The summed E-state index contributed by atoms with van der Waals surface area (Å²) in [6.07, 6.45) is 5.69. The summed E-state index contributed by atoms with van der Waals surface area (Å²) in [6, 6.07) is 5.13. The molecule has 0 amide bonds. The highest BCUT2D eigenvalue weighted by molar-refractivity contribution is 5.28. The quantitative estimate of drug-likeness (QED) is 0.848. The lowest BCUT2D eigenvalue weighted by Crippen LogP contribution is -2.34. The summed E-state index contributed by atoms with van der Waals surface area (Å²) in [4.78, 5) is 0. The molecule has 0 saturated heterocycles. The normalized spacial score (nSPS) is 27.0. The zero-order valence-electron chi connectivity index (χ0n) is 12.2. The highest BCUT2D eigenvalue weighted by Crippen LogP contribution is 2.41. The lowest BCUT2D eigenvalue weighted by atomic mass is 9.71. The molecule has 0 spiro atoms. The van der Waals surface area contributed by atoms with E-state index < -0.39 is 5.60 Å². The topological polar surface area (TPSA) is 20.2 Å². The average molecular weight is 264 g/mol. The van der Waals surface area contributed by atoms with Crippen LogP contribution in [0.5, 0.6) is 0 Å². The Hall–Kier alpha value is -0.890. The predicted molar refractivity (Wildman–Crippen MR) is 76.4 cm³/mol. The summed E-state index contributed by atoms with van der Waals surface area (Å²) < 4.78 is 13.7. The molecule has 2 rings (SSSR count). The van der Waals surface area contributed by atoms with Crippen LogP contribution in [-0.4, -0.2) is 5.11 Å². The fourth-order valence-corrected chi connectivity index (χ4v) is 3.28. The van der Waals surface area contributed by atoms with Crippen LogP contribution in [0.25, 0.3) is 0 Å². The molecule has 0 bridgehead atoms. The van der Waals surface area contributed by atoms with Crippen LogP contribution >= 0.6 is 0 Å². The monoisotopic (exact) mass is 264 g/mol. The molecule has 1 unspecified atom stereocenters. The van der Waals surface area contributed by atoms with Crippen molar-refractivity contribution in [2.45, 2.75) is 58.5 Å². The Morgan fingerprint density at radius 1 is 1.26 bits per heavy atom. The number of aryl methyl sites for hydroxylation is 1. The second-order valence-corrected chi connectivity index (χ2v) is 6.24. The van der Waals surface area contributed by atoms with Gasteiger partial charge in [0.25, 0.3) is 0 Å². The Kier molecular flexibility index (Phi) is 4.29. The first-order valence-corrected chi connectivity index (χ1v) is 7.44. The molecule has 1 aliphatic rings. The zero-order chi connectivity index (χ0) is 14.0. The molecule has 0 aliphatic heterocycles. The second kappa shape index (κ2) is 5.62. The van der Waals surface area contributed by atoms with Gasteiger partial charge in [0.05, 0.1) is 5.60 Å². The van der Waals surface area contributed by atoms with Crippen molar-refractivity contribution >= 4 is 0 Å². The SMILES string of the molecule is CCC1CCC(C(C)(O)c2ccc(C)c(F)c2)CC1. The van der Waals surface area contributed by atoms with E-state index in [9.17, 15) is 9.50 Å². The fraction of sp³-hybridized carbons (Fsp3) is 0.647. The van der Waals surface area contributed by atoms with Gasteiger partial charge < -0.3 is 5.11 Å². The van der Waals surface area contributed by atoms with Gasteiger partial charge in [-0.15, -0.1) is 0 Å². The molecule has 1 aromatic rings. The van der Waals surface area contributed by atoms with Gasteiger partial charge >= 0.3 is 0 Å². The van der Waals surface area contributed by atoms with E-state index in [1.807, 2.05) is 13.0 Å². The van der Waals surface area contributed by atoms with E-state index in [1.54, 1.807) is 13.0 Å². The van der Waals surface area contributed by atoms with Crippen LogP contribution < -0.4 is 0 Å². The molecule has 0 heterocycles. The van der Waals surface area contributed by atoms with Crippen molar-refractivity contribution in [3.8, 4) is 0 Å². The molecule has 0 radical (unpaired) electrons. The molecule has 1 atom stereocenters. The van der Waals surface area contributed by atoms with Crippen LogP contribution in [-0.2, 0) is 5.60 Å². The lowest BCUT2D eigenvalue weighted by Gasteiger charge is -2.38. The highest BCUT2D eigenvalue weighted by Gasteiger charge is 2.36. The maximum Gasteiger partial charge on any atom is 0.126 e. The molecular weight excluding hydrogens is 239 g/mol. The minimum absolute atomic E-state index is 0.222. The van der Waals surface area contributed by atoms with E-state index in [1.165, 1.54) is 25.3 Å². The number of aliphatic hydroxyl groups is 1. The molecule has 1 saturated carbocycles. The van der Waals surface area contributed by atoms with E-state index in [0.29, 0.717) is 5.56 Å². The highest BCUT2D eigenvalue weighted by atomic mass is 19.1. The van der Waals surface area contributed by atoms with Crippen molar-refractivity contribution in [3.05, 3.63) is 35.1 Å². The average Bonchev–Trinajstić information content (AvgIpc) is 2.41. The molecule has 0 aromatic heterocycles. The van der Waals surface area contributed by atoms with E-state index in [0.717, 1.165) is 24.3 Å². The third kappa shape index (κ3) is 3.00. The zero-order valence-corrected chi connectivity index (χ0v) is 12.2. The van der Waals surface area contributed by atoms with Gasteiger partial charge in [-0.1, -0.05) is 38.3 Å². The Morgan fingerprint density at radius 2 is 1.89 bits per heavy atom. The minimum atomic E-state index is -0.909. The van der Waals surface area contributed by atoms with Gasteiger partial charge in [-0.25, -0.2) is 4.39 Å². The summed E-state index contributed by atoms with van der Waals surface area (Å²) in [5.41, 5.74) is 0.442. The third-order valence-electron chi connectivity index (χ3n) is 4.98. The molecule has 106 valence electrons. The Balaban J connectivity index is 2.15. The largest absolute Gasteiger partial charge is 0.385 e. The minimum Gasteiger partial charge on any atom is -0.385 e. The van der Waals surface area contributed by atoms with Crippen LogP contribution in [0, 0.1) is 24.6 Å². The second-order valence-electron chi connectivity index (χ2n) is 6.24. The van der Waals surface area contributed by atoms with Crippen LogP contribution in [0.1, 0.15) is 57.1 Å². The standard InChI is InChI=1S/C17H25FO/c1-4-13-6-9-14(10-7-13)17(3,19)15-8-5-12(2)16(18)11-15/h5,8,11,13-14,19H,4,6-7,9-10H2,1-3H3. The molecule has 1 nitrogen and oxygen atoms in total. The molecular formula is C17H25FO. The molecule has 1 fully saturated rings. The van der Waals surface area contributed by atoms with Crippen LogP contribution in [0.3, 0.4) is 0 Å². The molecule has 19 heavy (non-hydrogen) atoms. The summed E-state index contributed by atoms with van der Waals surface area (Å²) >= 11 is 0. The van der Waals surface area contributed by atoms with Gasteiger partial charge in [0.1, 0.15) is 5.82 Å². The number of halogens is 1. The molecule has 1 N–H and O–H groups in total. The maximum atomic E-state index is 13.7. The lowest BCUT2D eigenvalue weighted by molar-refractivity contribution is -0.0278. The van der Waals surface area contributed by atoms with Gasteiger partial charge in [0.2, 0.25) is 0 Å². The van der Waals surface area contributed by atoms with Crippen LogP contribution in [0.2, 0.25) is 0 Å². The van der Waals surface area contributed by atoms with Crippen LogP contribution in [0.15, 0.2) is 18.2 Å². The first-order chi connectivity index (χ1) is 8.95. The van der Waals surface area contributed by atoms with Gasteiger partial charge in [-0.05, 0) is 55.7 Å². The van der Waals surface area contributed by atoms with Gasteiger partial charge in [0, 0.05) is 0 Å².